The number of phenolic OH excluding ortho intramolecular Hbond substituents is 1. The zero-order valence-electron chi connectivity index (χ0n) is 17.1. The van der Waals surface area contributed by atoms with Gasteiger partial charge in [-0.3, -0.25) is 4.79 Å². The van der Waals surface area contributed by atoms with Gasteiger partial charge < -0.3 is 15.3 Å². The number of carbonyl (C=O) groups excluding carboxylic acids is 1. The molecule has 1 amide bonds. The Bertz CT molecular complexity index is 933. The number of nitrogens with one attached hydrogen (secondary N) is 1. The molecule has 2 aromatic rings. The summed E-state index contributed by atoms with van der Waals surface area (Å²) in [4.78, 5) is 14.0. The summed E-state index contributed by atoms with van der Waals surface area (Å²) in [5.74, 6) is -0.508. The van der Waals surface area contributed by atoms with E-state index < -0.39 is 17.5 Å². The first-order valence-corrected chi connectivity index (χ1v) is 9.76. The van der Waals surface area contributed by atoms with Gasteiger partial charge in [-0.1, -0.05) is 0 Å². The van der Waals surface area contributed by atoms with Crippen molar-refractivity contribution in [3.63, 3.8) is 0 Å². The molecule has 1 aliphatic heterocycles. The van der Waals surface area contributed by atoms with E-state index in [2.05, 4.69) is 20.4 Å². The van der Waals surface area contributed by atoms with E-state index in [1.54, 1.807) is 13.0 Å². The molecule has 2 N–H and O–H groups in total. The number of hydrogen-bond acceptors (Lipinski definition) is 5. The van der Waals surface area contributed by atoms with Gasteiger partial charge in [0.05, 0.1) is 23.0 Å². The van der Waals surface area contributed by atoms with Crippen molar-refractivity contribution in [2.75, 3.05) is 20.1 Å². The van der Waals surface area contributed by atoms with Crippen molar-refractivity contribution in [2.45, 2.75) is 38.9 Å². The van der Waals surface area contributed by atoms with Crippen LogP contribution in [0.15, 0.2) is 24.3 Å². The molecule has 1 aliphatic rings. The number of aromatic hydroxyl groups is 1. The van der Waals surface area contributed by atoms with Crippen LogP contribution >= 0.6 is 0 Å². The van der Waals surface area contributed by atoms with Crippen molar-refractivity contribution in [1.82, 2.24) is 20.4 Å². The summed E-state index contributed by atoms with van der Waals surface area (Å²) in [6.07, 6.45) is -2.59. The molecule has 3 rings (SSSR count). The molecule has 162 valence electrons. The number of hydrogen-bond donors (Lipinski definition) is 2. The maximum atomic E-state index is 12.9. The van der Waals surface area contributed by atoms with Crippen LogP contribution in [-0.2, 0) is 11.0 Å². The number of amides is 1. The third-order valence-electron chi connectivity index (χ3n) is 5.39. The fourth-order valence-corrected chi connectivity index (χ4v) is 3.96. The average Bonchev–Trinajstić information content (AvgIpc) is 2.65. The molecule has 0 spiro atoms. The second kappa shape index (κ2) is 8.59. The second-order valence-electron chi connectivity index (χ2n) is 7.87. The maximum absolute atomic E-state index is 12.9. The summed E-state index contributed by atoms with van der Waals surface area (Å²) in [6.45, 7) is 5.02. The molecule has 0 bridgehead atoms. The predicted octanol–water partition coefficient (Wildman–Crippen LogP) is 3.70. The van der Waals surface area contributed by atoms with Crippen molar-refractivity contribution >= 4 is 5.91 Å². The van der Waals surface area contributed by atoms with Crippen LogP contribution in [0, 0.1) is 12.8 Å². The van der Waals surface area contributed by atoms with Crippen molar-refractivity contribution in [1.29, 1.82) is 0 Å². The van der Waals surface area contributed by atoms with Gasteiger partial charge in [0.1, 0.15) is 5.75 Å². The fraction of sp³-hybridized carbons (Fsp3) is 0.476. The van der Waals surface area contributed by atoms with E-state index in [1.165, 1.54) is 13.0 Å². The van der Waals surface area contributed by atoms with Gasteiger partial charge in [0, 0.05) is 19.0 Å². The molecular formula is C21H25F3N4O2. The molecule has 1 fully saturated rings. The topological polar surface area (TPSA) is 78.3 Å². The Morgan fingerprint density at radius 1 is 1.30 bits per heavy atom. The first-order chi connectivity index (χ1) is 14.1. The van der Waals surface area contributed by atoms with E-state index in [4.69, 9.17) is 0 Å². The van der Waals surface area contributed by atoms with Gasteiger partial charge >= 0.3 is 6.18 Å². The first-order valence-electron chi connectivity index (χ1n) is 9.76. The highest BCUT2D eigenvalue weighted by atomic mass is 19.4. The summed E-state index contributed by atoms with van der Waals surface area (Å²) in [5.41, 5.74) is 0.784. The average molecular weight is 422 g/mol. The van der Waals surface area contributed by atoms with E-state index in [0.717, 1.165) is 32.0 Å². The Morgan fingerprint density at radius 3 is 2.60 bits per heavy atom. The maximum Gasteiger partial charge on any atom is 0.416 e. The van der Waals surface area contributed by atoms with Crippen LogP contribution in [-0.4, -0.2) is 46.2 Å². The number of aromatic nitrogens is 2. The predicted molar refractivity (Wildman–Crippen MR) is 106 cm³/mol. The zero-order chi connectivity index (χ0) is 22.1. The van der Waals surface area contributed by atoms with Gasteiger partial charge in [-0.05, 0) is 69.1 Å². The number of aryl methyl sites for hydroxylation is 1. The fourth-order valence-electron chi connectivity index (χ4n) is 3.96. The molecule has 0 saturated carbocycles. The highest BCUT2D eigenvalue weighted by Gasteiger charge is 2.32. The van der Waals surface area contributed by atoms with Gasteiger partial charge in [-0.25, -0.2) is 0 Å². The summed E-state index contributed by atoms with van der Waals surface area (Å²) in [6, 6.07) is 4.24. The summed E-state index contributed by atoms with van der Waals surface area (Å²) >= 11 is 0. The van der Waals surface area contributed by atoms with Crippen LogP contribution in [0.2, 0.25) is 0 Å². The highest BCUT2D eigenvalue weighted by molar-refractivity contribution is 5.73. The molecule has 2 atom stereocenters. The molecule has 2 unspecified atom stereocenters. The Labute approximate surface area is 173 Å². The lowest BCUT2D eigenvalue weighted by atomic mass is 9.88. The standard InChI is InChI=1S/C21H25F3N4O2/c1-12-9-17(20(25-13(2)29)14-5-4-8-28(3)11-14)26-27-19(12)16-7-6-15(10-18(16)30)21(22,23)24/h6-7,9-10,14,20,30H,4-5,8,11H2,1-3H3,(H,25,29). The Balaban J connectivity index is 1.94. The summed E-state index contributed by atoms with van der Waals surface area (Å²) in [5, 5.41) is 21.6. The highest BCUT2D eigenvalue weighted by Crippen LogP contribution is 2.37. The number of carbonyl (C=O) groups is 1. The molecule has 2 heterocycles. The molecule has 30 heavy (non-hydrogen) atoms. The monoisotopic (exact) mass is 422 g/mol. The SMILES string of the molecule is CC(=O)NC(c1cc(C)c(-c2ccc(C(F)(F)F)cc2O)nn1)C1CCCN(C)C1. The van der Waals surface area contributed by atoms with Crippen LogP contribution in [0.3, 0.4) is 0 Å². The minimum absolute atomic E-state index is 0.169. The van der Waals surface area contributed by atoms with Crippen LogP contribution in [0.25, 0.3) is 11.3 Å². The molecule has 6 nitrogen and oxygen atoms in total. The number of halogens is 3. The van der Waals surface area contributed by atoms with Crippen LogP contribution < -0.4 is 5.32 Å². The van der Waals surface area contributed by atoms with E-state index in [0.29, 0.717) is 23.0 Å². The summed E-state index contributed by atoms with van der Waals surface area (Å²) in [7, 11) is 2.03. The molecule has 9 heteroatoms. The second-order valence-corrected chi connectivity index (χ2v) is 7.87. The number of benzene rings is 1. The number of piperidine rings is 1. The van der Waals surface area contributed by atoms with E-state index in [-0.39, 0.29) is 23.4 Å². The minimum atomic E-state index is -4.54. The normalized spacial score (nSPS) is 18.8. The summed E-state index contributed by atoms with van der Waals surface area (Å²) < 4.78 is 38.6. The van der Waals surface area contributed by atoms with E-state index in [1.807, 2.05) is 7.05 Å². The number of likely N-dealkylation sites (tertiary alicyclic amines) is 1. The van der Waals surface area contributed by atoms with Gasteiger partial charge in [-0.15, -0.1) is 5.10 Å². The van der Waals surface area contributed by atoms with Gasteiger partial charge in [0.15, 0.2) is 0 Å². The molecular weight excluding hydrogens is 397 g/mol. The molecule has 1 aromatic heterocycles. The first kappa shape index (κ1) is 22.0. The lowest BCUT2D eigenvalue weighted by Gasteiger charge is -2.35. The number of rotatable bonds is 4. The van der Waals surface area contributed by atoms with Crippen LogP contribution in [0.5, 0.6) is 5.75 Å². The minimum Gasteiger partial charge on any atom is -0.507 e. The number of nitrogens with zero attached hydrogens (tertiary/aromatic N) is 3. The van der Waals surface area contributed by atoms with Crippen LogP contribution in [0.1, 0.15) is 42.6 Å². The Morgan fingerprint density at radius 2 is 2.03 bits per heavy atom. The molecule has 0 radical (unpaired) electrons. The molecule has 1 aromatic carbocycles. The van der Waals surface area contributed by atoms with Crippen molar-refractivity contribution in [3.8, 4) is 17.0 Å². The van der Waals surface area contributed by atoms with Gasteiger partial charge in [0.25, 0.3) is 0 Å². The van der Waals surface area contributed by atoms with E-state index in [9.17, 15) is 23.1 Å². The quantitative estimate of drug-likeness (QED) is 0.786. The lowest BCUT2D eigenvalue weighted by molar-refractivity contribution is -0.137. The molecule has 0 aliphatic carbocycles. The smallest absolute Gasteiger partial charge is 0.416 e. The lowest BCUT2D eigenvalue weighted by Crippen LogP contribution is -2.41. The Hall–Kier alpha value is -2.68. The number of alkyl halides is 3. The van der Waals surface area contributed by atoms with Gasteiger partial charge in [-0.2, -0.15) is 18.3 Å². The van der Waals surface area contributed by atoms with Crippen molar-refractivity contribution < 1.29 is 23.1 Å². The third kappa shape index (κ3) is 4.89. The third-order valence-corrected chi connectivity index (χ3v) is 5.39. The zero-order valence-corrected chi connectivity index (χ0v) is 17.1. The van der Waals surface area contributed by atoms with Crippen molar-refractivity contribution in [3.05, 3.63) is 41.1 Å². The molecule has 1 saturated heterocycles. The van der Waals surface area contributed by atoms with Crippen molar-refractivity contribution in [2.24, 2.45) is 5.92 Å². The van der Waals surface area contributed by atoms with E-state index >= 15 is 0 Å². The number of phenols is 1. The van der Waals surface area contributed by atoms with Gasteiger partial charge in [0.2, 0.25) is 5.91 Å². The largest absolute Gasteiger partial charge is 0.507 e. The van der Waals surface area contributed by atoms with Crippen LogP contribution in [0.4, 0.5) is 13.2 Å². The Kier molecular flexibility index (Phi) is 6.30.